The minimum absolute atomic E-state index is 0.0195. The minimum Gasteiger partial charge on any atom is -0.508 e. The number of phenolic OH excluding ortho intramolecular Hbond substituents is 1. The molecule has 0 radical (unpaired) electrons. The predicted octanol–water partition coefficient (Wildman–Crippen LogP) is 5.77. The van der Waals surface area contributed by atoms with Crippen LogP contribution in [0.3, 0.4) is 0 Å². The lowest BCUT2D eigenvalue weighted by Gasteiger charge is -2.25. The minimum atomic E-state index is -0.722. The lowest BCUT2D eigenvalue weighted by molar-refractivity contribution is 0.0971. The topological polar surface area (TPSA) is 70.8 Å². The number of fused-ring (bicyclic) bond motifs is 2. The quantitative estimate of drug-likeness (QED) is 0.360. The molecule has 1 amide bonds. The van der Waals surface area contributed by atoms with Crippen LogP contribution in [0.15, 0.2) is 84.9 Å². The third-order valence-corrected chi connectivity index (χ3v) is 6.14. The third kappa shape index (κ3) is 2.97. The normalized spacial score (nSPS) is 15.6. The zero-order valence-electron chi connectivity index (χ0n) is 15.3. The van der Waals surface area contributed by atoms with E-state index in [0.717, 1.165) is 8.95 Å². The lowest BCUT2D eigenvalue weighted by Crippen LogP contribution is -2.29. The average Bonchev–Trinajstić information content (AvgIpc) is 3.02. The zero-order valence-corrected chi connectivity index (χ0v) is 18.5. The molecule has 5 rings (SSSR count). The zero-order chi connectivity index (χ0) is 21.0. The van der Waals surface area contributed by atoms with Crippen molar-refractivity contribution in [2.24, 2.45) is 0 Å². The first kappa shape index (κ1) is 19.1. The molecule has 30 heavy (non-hydrogen) atoms. The number of aromatic hydroxyl groups is 1. The van der Waals surface area contributed by atoms with Crippen LogP contribution in [0, 0.1) is 0 Å². The molecule has 7 heteroatoms. The molecule has 0 bridgehead atoms. The summed E-state index contributed by atoms with van der Waals surface area (Å²) < 4.78 is 7.54. The average molecular weight is 527 g/mol. The molecule has 2 heterocycles. The highest BCUT2D eigenvalue weighted by Gasteiger charge is 2.43. The molecular formula is C23H13Br2NO4. The van der Waals surface area contributed by atoms with Crippen LogP contribution in [0.5, 0.6) is 5.75 Å². The van der Waals surface area contributed by atoms with Gasteiger partial charge in [-0.1, -0.05) is 44.0 Å². The second kappa shape index (κ2) is 7.11. The smallest absolute Gasteiger partial charge is 0.295 e. The van der Waals surface area contributed by atoms with Gasteiger partial charge in [0.25, 0.3) is 5.91 Å². The standard InChI is InChI=1S/C23H13Br2NO4/c24-13-4-7-15(8-5-13)26-20(12-2-1-3-16(27)10-12)19-21(28)17-11-14(25)6-9-18(17)30-22(19)23(26)29/h1-11,20,27H. The van der Waals surface area contributed by atoms with Gasteiger partial charge in [-0.25, -0.2) is 0 Å². The van der Waals surface area contributed by atoms with Crippen molar-refractivity contribution < 1.29 is 14.3 Å². The number of carbonyl (C=O) groups is 1. The number of hydrogen-bond donors (Lipinski definition) is 1. The van der Waals surface area contributed by atoms with Gasteiger partial charge in [-0.2, -0.15) is 0 Å². The second-order valence-electron chi connectivity index (χ2n) is 6.96. The summed E-state index contributed by atoms with van der Waals surface area (Å²) in [5.41, 5.74) is 1.58. The van der Waals surface area contributed by atoms with E-state index in [1.54, 1.807) is 54.6 Å². The molecule has 0 spiro atoms. The number of benzene rings is 3. The third-order valence-electron chi connectivity index (χ3n) is 5.12. The molecule has 0 aliphatic carbocycles. The predicted molar refractivity (Wildman–Crippen MR) is 121 cm³/mol. The van der Waals surface area contributed by atoms with Crippen LogP contribution in [-0.4, -0.2) is 11.0 Å². The largest absolute Gasteiger partial charge is 0.508 e. The van der Waals surface area contributed by atoms with E-state index < -0.39 is 11.9 Å². The maximum Gasteiger partial charge on any atom is 0.295 e. The van der Waals surface area contributed by atoms with E-state index in [4.69, 9.17) is 4.42 Å². The van der Waals surface area contributed by atoms with Crippen molar-refractivity contribution in [3.05, 3.63) is 103 Å². The Morgan fingerprint density at radius 1 is 0.900 bits per heavy atom. The summed E-state index contributed by atoms with van der Waals surface area (Å²) in [6.45, 7) is 0. The molecule has 1 N–H and O–H groups in total. The first-order chi connectivity index (χ1) is 14.4. The molecule has 0 saturated carbocycles. The Labute approximate surface area is 187 Å². The highest BCUT2D eigenvalue weighted by atomic mass is 79.9. The van der Waals surface area contributed by atoms with E-state index in [0.29, 0.717) is 22.2 Å². The van der Waals surface area contributed by atoms with Gasteiger partial charge in [-0.05, 0) is 60.2 Å². The Balaban J connectivity index is 1.83. The molecule has 1 atom stereocenters. The van der Waals surface area contributed by atoms with Gasteiger partial charge in [0, 0.05) is 14.6 Å². The summed E-state index contributed by atoms with van der Waals surface area (Å²) in [6, 6.07) is 18.2. The number of hydrogen-bond acceptors (Lipinski definition) is 4. The Hall–Kier alpha value is -2.90. The number of halogens is 2. The highest BCUT2D eigenvalue weighted by Crippen LogP contribution is 2.42. The summed E-state index contributed by atoms with van der Waals surface area (Å²) in [4.78, 5) is 28.4. The summed E-state index contributed by atoms with van der Waals surface area (Å²) in [5, 5.41) is 10.4. The van der Waals surface area contributed by atoms with Gasteiger partial charge in [0.2, 0.25) is 5.76 Å². The van der Waals surface area contributed by atoms with Crippen molar-refractivity contribution >= 4 is 54.4 Å². The van der Waals surface area contributed by atoms with Gasteiger partial charge >= 0.3 is 0 Å². The summed E-state index contributed by atoms with van der Waals surface area (Å²) in [6.07, 6.45) is 0. The van der Waals surface area contributed by atoms with Gasteiger partial charge in [0.1, 0.15) is 11.3 Å². The van der Waals surface area contributed by atoms with Gasteiger partial charge in [0.15, 0.2) is 5.43 Å². The molecular weight excluding hydrogens is 514 g/mol. The number of phenols is 1. The maximum atomic E-state index is 13.5. The number of amides is 1. The van der Waals surface area contributed by atoms with Crippen molar-refractivity contribution in [3.8, 4) is 5.75 Å². The fourth-order valence-electron chi connectivity index (χ4n) is 3.82. The highest BCUT2D eigenvalue weighted by molar-refractivity contribution is 9.10. The van der Waals surface area contributed by atoms with Crippen LogP contribution in [-0.2, 0) is 0 Å². The fraction of sp³-hybridized carbons (Fsp3) is 0.0435. The van der Waals surface area contributed by atoms with E-state index in [1.165, 1.54) is 4.90 Å². The number of nitrogens with zero attached hydrogens (tertiary/aromatic N) is 1. The van der Waals surface area contributed by atoms with Gasteiger partial charge in [-0.3, -0.25) is 14.5 Å². The van der Waals surface area contributed by atoms with Gasteiger partial charge in [0.05, 0.1) is 17.0 Å². The Bertz CT molecular complexity index is 1380. The molecule has 1 aliphatic heterocycles. The summed E-state index contributed by atoms with van der Waals surface area (Å²) >= 11 is 6.79. The van der Waals surface area contributed by atoms with Gasteiger partial charge in [-0.15, -0.1) is 0 Å². The van der Waals surface area contributed by atoms with Crippen LogP contribution in [0.25, 0.3) is 11.0 Å². The summed E-state index contributed by atoms with van der Waals surface area (Å²) in [5.74, 6) is -0.328. The van der Waals surface area contributed by atoms with Crippen molar-refractivity contribution in [3.63, 3.8) is 0 Å². The monoisotopic (exact) mass is 525 g/mol. The van der Waals surface area contributed by atoms with Crippen LogP contribution < -0.4 is 10.3 Å². The summed E-state index contributed by atoms with van der Waals surface area (Å²) in [7, 11) is 0. The van der Waals surface area contributed by atoms with E-state index in [2.05, 4.69) is 31.9 Å². The molecule has 1 aromatic heterocycles. The Kier molecular flexibility index (Phi) is 4.52. The Morgan fingerprint density at radius 3 is 2.37 bits per heavy atom. The SMILES string of the molecule is O=C1c2oc3ccc(Br)cc3c(=O)c2C(c2cccc(O)c2)N1c1ccc(Br)cc1. The molecule has 4 aromatic rings. The first-order valence-electron chi connectivity index (χ1n) is 9.08. The van der Waals surface area contributed by atoms with E-state index in [9.17, 15) is 14.7 Å². The van der Waals surface area contributed by atoms with Crippen molar-refractivity contribution in [1.29, 1.82) is 0 Å². The first-order valence-corrected chi connectivity index (χ1v) is 10.7. The van der Waals surface area contributed by atoms with E-state index in [-0.39, 0.29) is 22.5 Å². The van der Waals surface area contributed by atoms with E-state index >= 15 is 0 Å². The molecule has 148 valence electrons. The molecule has 0 saturated heterocycles. The van der Waals surface area contributed by atoms with Crippen molar-refractivity contribution in [2.75, 3.05) is 4.90 Å². The van der Waals surface area contributed by atoms with Crippen molar-refractivity contribution in [2.45, 2.75) is 6.04 Å². The lowest BCUT2D eigenvalue weighted by atomic mass is 9.98. The number of carbonyl (C=O) groups excluding carboxylic acids is 1. The van der Waals surface area contributed by atoms with Crippen LogP contribution in [0.2, 0.25) is 0 Å². The van der Waals surface area contributed by atoms with Crippen LogP contribution in [0.1, 0.15) is 27.7 Å². The van der Waals surface area contributed by atoms with Gasteiger partial charge < -0.3 is 9.52 Å². The molecule has 1 unspecified atom stereocenters. The maximum absolute atomic E-state index is 13.5. The number of anilines is 1. The molecule has 3 aromatic carbocycles. The fourth-order valence-corrected chi connectivity index (χ4v) is 4.45. The Morgan fingerprint density at radius 2 is 1.63 bits per heavy atom. The number of rotatable bonds is 2. The second-order valence-corrected chi connectivity index (χ2v) is 8.79. The molecule has 1 aliphatic rings. The van der Waals surface area contributed by atoms with Crippen molar-refractivity contribution in [1.82, 2.24) is 0 Å². The van der Waals surface area contributed by atoms with Crippen LogP contribution in [0.4, 0.5) is 5.69 Å². The molecule has 5 nitrogen and oxygen atoms in total. The van der Waals surface area contributed by atoms with Crippen LogP contribution >= 0.6 is 31.9 Å². The molecule has 0 fully saturated rings. The van der Waals surface area contributed by atoms with E-state index in [1.807, 2.05) is 12.1 Å².